The van der Waals surface area contributed by atoms with Crippen LogP contribution in [0.5, 0.6) is 0 Å². The van der Waals surface area contributed by atoms with Gasteiger partial charge in [-0.3, -0.25) is 9.59 Å². The summed E-state index contributed by atoms with van der Waals surface area (Å²) in [7, 11) is 1.62. The number of carboxylic acid groups (broad SMARTS) is 1. The highest BCUT2D eigenvalue weighted by molar-refractivity contribution is 5.94. The van der Waals surface area contributed by atoms with Crippen LogP contribution >= 0.6 is 0 Å². The van der Waals surface area contributed by atoms with Crippen molar-refractivity contribution in [2.45, 2.75) is 19.8 Å². The molecule has 1 N–H and O–H groups in total. The number of carboxylic acids is 1. The van der Waals surface area contributed by atoms with E-state index in [0.29, 0.717) is 24.2 Å². The van der Waals surface area contributed by atoms with E-state index >= 15 is 0 Å². The number of aromatic nitrogens is 1. The van der Waals surface area contributed by atoms with Crippen LogP contribution in [0.4, 0.5) is 0 Å². The van der Waals surface area contributed by atoms with Gasteiger partial charge in [0.15, 0.2) is 0 Å². The second kappa shape index (κ2) is 5.29. The molecule has 0 spiro atoms. The fraction of sp³-hybridized carbons (Fsp3) is 0.500. The van der Waals surface area contributed by atoms with E-state index in [-0.39, 0.29) is 12.3 Å². The van der Waals surface area contributed by atoms with Crippen molar-refractivity contribution in [2.24, 2.45) is 0 Å². The molecule has 0 aromatic carbocycles. The monoisotopic (exact) mass is 226 g/mol. The molecule has 1 aromatic rings. The second-order valence-corrected chi connectivity index (χ2v) is 3.54. The van der Waals surface area contributed by atoms with E-state index in [1.165, 1.54) is 11.2 Å². The summed E-state index contributed by atoms with van der Waals surface area (Å²) in [6, 6.07) is 0. The smallest absolute Gasteiger partial charge is 0.303 e. The van der Waals surface area contributed by atoms with Gasteiger partial charge in [-0.2, -0.15) is 0 Å². The maximum absolute atomic E-state index is 11.8. The van der Waals surface area contributed by atoms with Crippen molar-refractivity contribution in [1.29, 1.82) is 0 Å². The molecule has 0 fully saturated rings. The highest BCUT2D eigenvalue weighted by atomic mass is 16.5. The number of amides is 1. The molecule has 16 heavy (non-hydrogen) atoms. The van der Waals surface area contributed by atoms with Crippen LogP contribution in [-0.2, 0) is 4.79 Å². The number of nitrogens with zero attached hydrogens (tertiary/aromatic N) is 2. The fourth-order valence-corrected chi connectivity index (χ4v) is 1.27. The quantitative estimate of drug-likeness (QED) is 0.807. The van der Waals surface area contributed by atoms with Gasteiger partial charge in [0, 0.05) is 20.0 Å². The van der Waals surface area contributed by atoms with Crippen LogP contribution in [0.3, 0.4) is 0 Å². The Labute approximate surface area is 92.8 Å². The van der Waals surface area contributed by atoms with Crippen LogP contribution in [0.25, 0.3) is 0 Å². The first kappa shape index (κ1) is 12.2. The predicted molar refractivity (Wildman–Crippen MR) is 55.1 cm³/mol. The Morgan fingerprint density at radius 2 is 2.25 bits per heavy atom. The summed E-state index contributed by atoms with van der Waals surface area (Å²) in [5.74, 6) is -1.06. The Hall–Kier alpha value is -1.85. The molecule has 0 unspecified atom stereocenters. The largest absolute Gasteiger partial charge is 0.481 e. The molecular weight excluding hydrogens is 212 g/mol. The molecule has 0 aliphatic carbocycles. The Bertz CT molecular complexity index is 386. The predicted octanol–water partition coefficient (Wildman–Crippen LogP) is 0.920. The highest BCUT2D eigenvalue weighted by Crippen LogP contribution is 2.08. The average Bonchev–Trinajstić information content (AvgIpc) is 2.62. The zero-order valence-corrected chi connectivity index (χ0v) is 9.27. The van der Waals surface area contributed by atoms with E-state index in [4.69, 9.17) is 5.11 Å². The standard InChI is InChI=1S/C10H14N2O4/c1-7-8(6-16-11-7)10(15)12(2)5-3-4-9(13)14/h6H,3-5H2,1-2H3,(H,13,14). The molecule has 6 heteroatoms. The topological polar surface area (TPSA) is 83.6 Å². The lowest BCUT2D eigenvalue weighted by Crippen LogP contribution is -2.28. The third-order valence-corrected chi connectivity index (χ3v) is 2.21. The molecule has 1 rings (SSSR count). The SMILES string of the molecule is Cc1nocc1C(=O)N(C)CCCC(=O)O. The summed E-state index contributed by atoms with van der Waals surface area (Å²) in [5, 5.41) is 12.1. The number of rotatable bonds is 5. The van der Waals surface area contributed by atoms with Gasteiger partial charge < -0.3 is 14.5 Å². The molecule has 88 valence electrons. The molecule has 0 saturated carbocycles. The molecule has 1 aromatic heterocycles. The van der Waals surface area contributed by atoms with Gasteiger partial charge in [0.05, 0.1) is 5.69 Å². The lowest BCUT2D eigenvalue weighted by molar-refractivity contribution is -0.137. The maximum atomic E-state index is 11.8. The van der Waals surface area contributed by atoms with Gasteiger partial charge in [-0.15, -0.1) is 0 Å². The van der Waals surface area contributed by atoms with Gasteiger partial charge in [0.1, 0.15) is 11.8 Å². The van der Waals surface area contributed by atoms with E-state index in [1.54, 1.807) is 14.0 Å². The van der Waals surface area contributed by atoms with Crippen molar-refractivity contribution in [2.75, 3.05) is 13.6 Å². The van der Waals surface area contributed by atoms with Gasteiger partial charge in [0.2, 0.25) is 0 Å². The highest BCUT2D eigenvalue weighted by Gasteiger charge is 2.16. The molecule has 0 atom stereocenters. The number of carbonyl (C=O) groups is 2. The van der Waals surface area contributed by atoms with Crippen LogP contribution in [0.1, 0.15) is 28.9 Å². The normalized spacial score (nSPS) is 10.1. The van der Waals surface area contributed by atoms with Crippen molar-refractivity contribution in [3.05, 3.63) is 17.5 Å². The van der Waals surface area contributed by atoms with Crippen molar-refractivity contribution >= 4 is 11.9 Å². The maximum Gasteiger partial charge on any atom is 0.303 e. The number of carbonyl (C=O) groups excluding carboxylic acids is 1. The number of aliphatic carboxylic acids is 1. The van der Waals surface area contributed by atoms with Gasteiger partial charge in [-0.1, -0.05) is 5.16 Å². The molecule has 0 aliphatic heterocycles. The lowest BCUT2D eigenvalue weighted by atomic mass is 10.2. The first-order chi connectivity index (χ1) is 7.52. The Kier molecular flexibility index (Phi) is 4.04. The second-order valence-electron chi connectivity index (χ2n) is 3.54. The molecular formula is C10H14N2O4. The minimum absolute atomic E-state index is 0.0558. The van der Waals surface area contributed by atoms with E-state index in [0.717, 1.165) is 0 Å². The van der Waals surface area contributed by atoms with E-state index < -0.39 is 5.97 Å². The molecule has 0 aliphatic rings. The molecule has 0 radical (unpaired) electrons. The fourth-order valence-electron chi connectivity index (χ4n) is 1.27. The van der Waals surface area contributed by atoms with Gasteiger partial charge in [0.25, 0.3) is 5.91 Å². The van der Waals surface area contributed by atoms with Crippen molar-refractivity contribution in [1.82, 2.24) is 10.1 Å². The van der Waals surface area contributed by atoms with Crippen molar-refractivity contribution in [3.63, 3.8) is 0 Å². The van der Waals surface area contributed by atoms with E-state index in [1.807, 2.05) is 0 Å². The van der Waals surface area contributed by atoms with Gasteiger partial charge in [-0.05, 0) is 13.3 Å². The lowest BCUT2D eigenvalue weighted by Gasteiger charge is -2.15. The minimum atomic E-state index is -0.859. The Balaban J connectivity index is 2.49. The number of hydrogen-bond acceptors (Lipinski definition) is 4. The third kappa shape index (κ3) is 3.08. The first-order valence-electron chi connectivity index (χ1n) is 4.90. The van der Waals surface area contributed by atoms with Gasteiger partial charge >= 0.3 is 5.97 Å². The zero-order valence-electron chi connectivity index (χ0n) is 9.27. The molecule has 1 amide bonds. The van der Waals surface area contributed by atoms with Crippen molar-refractivity contribution < 1.29 is 19.2 Å². The first-order valence-corrected chi connectivity index (χ1v) is 4.90. The number of hydrogen-bond donors (Lipinski definition) is 1. The summed E-state index contributed by atoms with van der Waals surface area (Å²) in [5.41, 5.74) is 0.952. The number of aryl methyl sites for hydroxylation is 1. The van der Waals surface area contributed by atoms with Crippen LogP contribution in [0, 0.1) is 6.92 Å². The van der Waals surface area contributed by atoms with Crippen LogP contribution in [0.15, 0.2) is 10.8 Å². The molecule has 6 nitrogen and oxygen atoms in total. The minimum Gasteiger partial charge on any atom is -0.481 e. The molecule has 0 bridgehead atoms. The summed E-state index contributed by atoms with van der Waals surface area (Å²) >= 11 is 0. The average molecular weight is 226 g/mol. The van der Waals surface area contributed by atoms with E-state index in [9.17, 15) is 9.59 Å². The van der Waals surface area contributed by atoms with E-state index in [2.05, 4.69) is 9.68 Å². The Morgan fingerprint density at radius 1 is 1.56 bits per heavy atom. The van der Waals surface area contributed by atoms with Crippen molar-refractivity contribution in [3.8, 4) is 0 Å². The summed E-state index contributed by atoms with van der Waals surface area (Å²) in [6.45, 7) is 2.08. The van der Waals surface area contributed by atoms with Crippen LogP contribution < -0.4 is 0 Å². The third-order valence-electron chi connectivity index (χ3n) is 2.21. The summed E-state index contributed by atoms with van der Waals surface area (Å²) in [6.07, 6.45) is 1.79. The Morgan fingerprint density at radius 3 is 2.75 bits per heavy atom. The van der Waals surface area contributed by atoms with Crippen LogP contribution in [-0.4, -0.2) is 40.6 Å². The van der Waals surface area contributed by atoms with Gasteiger partial charge in [-0.25, -0.2) is 0 Å². The molecule has 1 heterocycles. The summed E-state index contributed by atoms with van der Waals surface area (Å²) < 4.78 is 4.67. The molecule has 0 saturated heterocycles. The zero-order chi connectivity index (χ0) is 12.1. The summed E-state index contributed by atoms with van der Waals surface area (Å²) in [4.78, 5) is 23.5. The van der Waals surface area contributed by atoms with Crippen LogP contribution in [0.2, 0.25) is 0 Å².